The fourth-order valence-electron chi connectivity index (χ4n) is 3.04. The second-order valence-corrected chi connectivity index (χ2v) is 7.72. The molecule has 0 N–H and O–H groups in total. The zero-order valence-electron chi connectivity index (χ0n) is 14.2. The summed E-state index contributed by atoms with van der Waals surface area (Å²) in [4.78, 5) is 7.12. The van der Waals surface area contributed by atoms with Gasteiger partial charge in [-0.05, 0) is 57.5 Å². The van der Waals surface area contributed by atoms with Crippen LogP contribution in [0, 0.1) is 0 Å². The largest absolute Gasteiger partial charge is 0.497 e. The average Bonchev–Trinajstić information content (AvgIpc) is 3.49. The lowest BCUT2D eigenvalue weighted by atomic mass is 10.0. The number of methoxy groups -OCH3 is 1. The summed E-state index contributed by atoms with van der Waals surface area (Å²) in [6.45, 7) is 0. The van der Waals surface area contributed by atoms with Gasteiger partial charge in [-0.25, -0.2) is 9.61 Å². The van der Waals surface area contributed by atoms with E-state index in [1.807, 2.05) is 53.2 Å². The highest BCUT2D eigenvalue weighted by Gasteiger charge is 2.22. The first kappa shape index (κ1) is 16.2. The lowest BCUT2D eigenvalue weighted by molar-refractivity contribution is 0.315. The van der Waals surface area contributed by atoms with E-state index in [2.05, 4.69) is 16.4 Å². The van der Waals surface area contributed by atoms with Crippen molar-refractivity contribution in [3.05, 3.63) is 59.3 Å². The van der Waals surface area contributed by atoms with Crippen molar-refractivity contribution in [1.82, 2.24) is 15.3 Å². The number of pyridine rings is 1. The van der Waals surface area contributed by atoms with Crippen LogP contribution < -0.4 is 4.74 Å². The molecule has 4 aromatic heterocycles. The lowest BCUT2D eigenvalue weighted by Gasteiger charge is -2.11. The zero-order valence-corrected chi connectivity index (χ0v) is 15.9. The van der Waals surface area contributed by atoms with Crippen LogP contribution in [0.4, 0.5) is 0 Å². The standard InChI is InChI=1S/C20H13N3O2S2/c1-24-13-8-6-12(7-9-13)17-16(14-4-2-10-26-14)19-20(23-25-22-19)18(21-17)15-5-3-11-27-15/h2-11H,1H3. The Morgan fingerprint density at radius 1 is 0.815 bits per heavy atom. The van der Waals surface area contributed by atoms with Crippen LogP contribution >= 0.6 is 22.7 Å². The molecule has 0 unspecified atom stereocenters. The quantitative estimate of drug-likeness (QED) is 0.390. The number of aromatic nitrogens is 3. The summed E-state index contributed by atoms with van der Waals surface area (Å²) in [5, 5.41) is 12.4. The summed E-state index contributed by atoms with van der Waals surface area (Å²) < 4.78 is 10.4. The molecule has 0 aliphatic rings. The highest BCUT2D eigenvalue weighted by atomic mass is 32.1. The molecular formula is C20H13N3O2S2. The highest BCUT2D eigenvalue weighted by Crippen LogP contribution is 2.41. The van der Waals surface area contributed by atoms with E-state index in [-0.39, 0.29) is 0 Å². The predicted octanol–water partition coefficient (Wildman–Crippen LogP) is 5.75. The molecule has 7 heteroatoms. The van der Waals surface area contributed by atoms with Crippen molar-refractivity contribution in [1.29, 1.82) is 0 Å². The maximum atomic E-state index is 5.29. The molecule has 5 nitrogen and oxygen atoms in total. The first-order valence-corrected chi connectivity index (χ1v) is 9.99. The normalized spacial score (nSPS) is 11.1. The van der Waals surface area contributed by atoms with Crippen LogP contribution in [0.1, 0.15) is 0 Å². The van der Waals surface area contributed by atoms with Crippen molar-refractivity contribution >= 4 is 33.7 Å². The molecule has 0 saturated heterocycles. The van der Waals surface area contributed by atoms with Crippen LogP contribution in [0.3, 0.4) is 0 Å². The first-order chi connectivity index (χ1) is 13.3. The van der Waals surface area contributed by atoms with Gasteiger partial charge in [0.1, 0.15) is 17.0 Å². The van der Waals surface area contributed by atoms with Gasteiger partial charge in [0.2, 0.25) is 0 Å². The Balaban J connectivity index is 1.85. The number of hydrogen-bond donors (Lipinski definition) is 0. The van der Waals surface area contributed by atoms with E-state index >= 15 is 0 Å². The summed E-state index contributed by atoms with van der Waals surface area (Å²) in [7, 11) is 1.66. The van der Waals surface area contributed by atoms with E-state index < -0.39 is 0 Å². The van der Waals surface area contributed by atoms with Gasteiger partial charge in [-0.15, -0.1) is 22.7 Å². The Morgan fingerprint density at radius 3 is 2.19 bits per heavy atom. The minimum atomic E-state index is 0.679. The van der Waals surface area contributed by atoms with Crippen LogP contribution in [0.5, 0.6) is 5.75 Å². The molecule has 0 spiro atoms. The van der Waals surface area contributed by atoms with E-state index in [0.717, 1.165) is 43.5 Å². The van der Waals surface area contributed by atoms with Crippen molar-refractivity contribution in [3.63, 3.8) is 0 Å². The van der Waals surface area contributed by atoms with Gasteiger partial charge in [0.25, 0.3) is 0 Å². The van der Waals surface area contributed by atoms with E-state index in [1.165, 1.54) is 0 Å². The number of fused-ring (bicyclic) bond motifs is 1. The van der Waals surface area contributed by atoms with E-state index in [4.69, 9.17) is 14.3 Å². The van der Waals surface area contributed by atoms with Gasteiger partial charge < -0.3 is 4.74 Å². The Morgan fingerprint density at radius 2 is 1.52 bits per heavy atom. The molecule has 5 rings (SSSR count). The Labute approximate surface area is 162 Å². The van der Waals surface area contributed by atoms with E-state index in [9.17, 15) is 0 Å². The zero-order chi connectivity index (χ0) is 18.2. The van der Waals surface area contributed by atoms with Gasteiger partial charge in [0.15, 0.2) is 5.52 Å². The molecule has 4 heterocycles. The van der Waals surface area contributed by atoms with Gasteiger partial charge in [0, 0.05) is 16.0 Å². The third-order valence-corrected chi connectivity index (χ3v) is 6.06. The fraction of sp³-hybridized carbons (Fsp3) is 0.0500. The van der Waals surface area contributed by atoms with Crippen LogP contribution in [-0.2, 0) is 0 Å². The molecule has 1 aromatic carbocycles. The van der Waals surface area contributed by atoms with Gasteiger partial charge in [-0.1, -0.05) is 12.1 Å². The summed E-state index contributed by atoms with van der Waals surface area (Å²) >= 11 is 3.26. The van der Waals surface area contributed by atoms with Crippen molar-refractivity contribution in [2.45, 2.75) is 0 Å². The summed E-state index contributed by atoms with van der Waals surface area (Å²) in [5.74, 6) is 0.805. The molecule has 0 saturated carbocycles. The number of rotatable bonds is 4. The predicted molar refractivity (Wildman–Crippen MR) is 108 cm³/mol. The van der Waals surface area contributed by atoms with Crippen LogP contribution in [0.15, 0.2) is 63.9 Å². The maximum Gasteiger partial charge on any atom is 0.163 e. The number of benzene rings is 1. The summed E-state index contributed by atoms with van der Waals surface area (Å²) in [5.41, 5.74) is 4.97. The molecule has 0 bridgehead atoms. The van der Waals surface area contributed by atoms with E-state index in [0.29, 0.717) is 5.52 Å². The van der Waals surface area contributed by atoms with E-state index in [1.54, 1.807) is 29.8 Å². The number of thiophene rings is 2. The molecule has 5 aromatic rings. The molecule has 0 fully saturated rings. The minimum Gasteiger partial charge on any atom is -0.497 e. The third kappa shape index (κ3) is 2.72. The monoisotopic (exact) mass is 391 g/mol. The second kappa shape index (κ2) is 6.61. The van der Waals surface area contributed by atoms with Crippen molar-refractivity contribution in [2.24, 2.45) is 0 Å². The molecule has 132 valence electrons. The molecule has 0 aliphatic heterocycles. The molecule has 0 radical (unpaired) electrons. The number of ether oxygens (including phenoxy) is 1. The topological polar surface area (TPSA) is 61.0 Å². The van der Waals surface area contributed by atoms with Gasteiger partial charge in [-0.2, -0.15) is 0 Å². The Bertz CT molecular complexity index is 1190. The van der Waals surface area contributed by atoms with Gasteiger partial charge >= 0.3 is 0 Å². The highest BCUT2D eigenvalue weighted by molar-refractivity contribution is 7.14. The minimum absolute atomic E-state index is 0.679. The molecule has 0 atom stereocenters. The average molecular weight is 391 g/mol. The summed E-state index contributed by atoms with van der Waals surface area (Å²) in [6.07, 6.45) is 0. The smallest absolute Gasteiger partial charge is 0.163 e. The van der Waals surface area contributed by atoms with Crippen LogP contribution in [0.25, 0.3) is 43.3 Å². The second-order valence-electron chi connectivity index (χ2n) is 5.83. The molecule has 0 aliphatic carbocycles. The van der Waals surface area contributed by atoms with Gasteiger partial charge in [-0.3, -0.25) is 0 Å². The van der Waals surface area contributed by atoms with Crippen molar-refractivity contribution in [2.75, 3.05) is 7.11 Å². The third-order valence-electron chi connectivity index (χ3n) is 4.30. The molecular weight excluding hydrogens is 378 g/mol. The van der Waals surface area contributed by atoms with Crippen molar-refractivity contribution < 1.29 is 9.37 Å². The maximum absolute atomic E-state index is 5.29. The van der Waals surface area contributed by atoms with Crippen LogP contribution in [0.2, 0.25) is 0 Å². The summed E-state index contributed by atoms with van der Waals surface area (Å²) in [6, 6.07) is 16.0. The first-order valence-electron chi connectivity index (χ1n) is 8.23. The fourth-order valence-corrected chi connectivity index (χ4v) is 4.52. The Kier molecular flexibility index (Phi) is 3.95. The Hall–Kier alpha value is -3.03. The molecule has 0 amide bonds. The van der Waals surface area contributed by atoms with Crippen molar-refractivity contribution in [3.8, 4) is 38.0 Å². The van der Waals surface area contributed by atoms with Crippen LogP contribution in [-0.4, -0.2) is 22.4 Å². The number of nitrogens with zero attached hydrogens (tertiary/aromatic N) is 3. The SMILES string of the molecule is COc1ccc(-c2nc(-c3cccs3)c3nonc3c2-c2cccs2)cc1. The lowest BCUT2D eigenvalue weighted by Crippen LogP contribution is -1.94. The van der Waals surface area contributed by atoms with Gasteiger partial charge in [0.05, 0.1) is 17.7 Å². The number of hydrogen-bond acceptors (Lipinski definition) is 7. The molecule has 27 heavy (non-hydrogen) atoms.